The predicted octanol–water partition coefficient (Wildman–Crippen LogP) is 4.99. The molecule has 3 aromatic rings. The molecule has 1 aliphatic heterocycles. The number of benzene rings is 3. The zero-order valence-corrected chi connectivity index (χ0v) is 22.3. The van der Waals surface area contributed by atoms with E-state index in [1.165, 1.54) is 32.2 Å². The summed E-state index contributed by atoms with van der Waals surface area (Å²) in [4.78, 5) is 59.6. The number of ether oxygens (including phenoxy) is 1. The number of carbonyl (C=O) groups excluding carboxylic acids is 3. The Morgan fingerprint density at radius 2 is 1.48 bits per heavy atom. The number of alkyl halides is 3. The van der Waals surface area contributed by atoms with Gasteiger partial charge in [-0.1, -0.05) is 30.3 Å². The first-order valence-corrected chi connectivity index (χ1v) is 12.0. The highest BCUT2D eigenvalue weighted by Crippen LogP contribution is 2.42. The Morgan fingerprint density at radius 3 is 1.95 bits per heavy atom. The van der Waals surface area contributed by atoms with Gasteiger partial charge in [-0.15, -0.1) is 0 Å². The van der Waals surface area contributed by atoms with Crippen molar-refractivity contribution in [3.63, 3.8) is 0 Å². The average Bonchev–Trinajstić information content (AvgIpc) is 3.21. The van der Waals surface area contributed by atoms with Gasteiger partial charge in [-0.05, 0) is 54.4 Å². The van der Waals surface area contributed by atoms with Crippen molar-refractivity contribution >= 4 is 52.4 Å². The van der Waals surface area contributed by atoms with Crippen molar-refractivity contribution in [2.45, 2.75) is 20.0 Å². The molecular formula is C29H23F3N2O8. The number of fused-ring (bicyclic) bond motifs is 1. The van der Waals surface area contributed by atoms with Crippen LogP contribution >= 0.6 is 0 Å². The molecule has 0 bridgehead atoms. The molecule has 0 fully saturated rings. The van der Waals surface area contributed by atoms with Crippen LogP contribution in [0, 0.1) is 6.92 Å². The molecule has 10 nitrogen and oxygen atoms in total. The molecule has 3 aromatic carbocycles. The van der Waals surface area contributed by atoms with Crippen LogP contribution in [-0.2, 0) is 19.1 Å². The molecule has 0 aromatic heterocycles. The lowest BCUT2D eigenvalue weighted by molar-refractivity contribution is -0.192. The van der Waals surface area contributed by atoms with Gasteiger partial charge in [0, 0.05) is 18.2 Å². The normalized spacial score (nSPS) is 13.4. The Bertz CT molecular complexity index is 1600. The van der Waals surface area contributed by atoms with E-state index in [9.17, 15) is 37.5 Å². The summed E-state index contributed by atoms with van der Waals surface area (Å²) in [5, 5.41) is 19.6. The minimum atomic E-state index is -5.08. The molecular weight excluding hydrogens is 561 g/mol. The Kier molecular flexibility index (Phi) is 9.15. The van der Waals surface area contributed by atoms with Crippen molar-refractivity contribution < 1.29 is 52.1 Å². The molecule has 0 radical (unpaired) electrons. The van der Waals surface area contributed by atoms with Crippen molar-refractivity contribution in [3.8, 4) is 0 Å². The number of hydrogen-bond acceptors (Lipinski definition) is 7. The van der Waals surface area contributed by atoms with E-state index in [0.29, 0.717) is 33.8 Å². The fourth-order valence-electron chi connectivity index (χ4n) is 4.03. The number of aryl methyl sites for hydroxylation is 1. The van der Waals surface area contributed by atoms with Crippen LogP contribution in [0.1, 0.15) is 44.3 Å². The van der Waals surface area contributed by atoms with Gasteiger partial charge >= 0.3 is 24.1 Å². The number of rotatable bonds is 5. The fraction of sp³-hybridized carbons (Fsp3) is 0.138. The number of methoxy groups -OCH3 is 1. The van der Waals surface area contributed by atoms with Crippen LogP contribution in [-0.4, -0.2) is 53.2 Å². The molecule has 3 N–H and O–H groups in total. The molecule has 0 aliphatic carbocycles. The van der Waals surface area contributed by atoms with E-state index in [1.807, 2.05) is 30.3 Å². The number of halogens is 3. The Labute approximate surface area is 236 Å². The third-order valence-electron chi connectivity index (χ3n) is 5.95. The van der Waals surface area contributed by atoms with Crippen LogP contribution in [0.2, 0.25) is 0 Å². The van der Waals surface area contributed by atoms with Crippen molar-refractivity contribution in [2.24, 2.45) is 0 Å². The lowest BCUT2D eigenvalue weighted by Crippen LogP contribution is -2.31. The van der Waals surface area contributed by atoms with E-state index in [-0.39, 0.29) is 16.7 Å². The number of nitrogens with zero attached hydrogens (tertiary/aromatic N) is 1. The van der Waals surface area contributed by atoms with Gasteiger partial charge in [0.1, 0.15) is 0 Å². The molecule has 0 spiro atoms. The van der Waals surface area contributed by atoms with E-state index >= 15 is 0 Å². The molecule has 13 heteroatoms. The first-order chi connectivity index (χ1) is 19.7. The van der Waals surface area contributed by atoms with Crippen LogP contribution < -0.4 is 10.2 Å². The SMILES string of the molecule is COC(=O)c1cc2c(cc1C)/C(=C(/Nc1ccc(C(=O)O)cc1)c1ccccc1)C(=O)N2C(C)=O.O=C(O)C(F)(F)F. The summed E-state index contributed by atoms with van der Waals surface area (Å²) in [6, 6.07) is 18.4. The zero-order chi connectivity index (χ0) is 31.4. The highest BCUT2D eigenvalue weighted by Gasteiger charge is 2.39. The minimum Gasteiger partial charge on any atom is -0.478 e. The number of esters is 1. The first-order valence-electron chi connectivity index (χ1n) is 12.0. The number of carboxylic acid groups (broad SMARTS) is 2. The molecule has 0 unspecified atom stereocenters. The number of amides is 2. The van der Waals surface area contributed by atoms with Crippen molar-refractivity contribution in [1.29, 1.82) is 0 Å². The second-order valence-corrected chi connectivity index (χ2v) is 8.76. The van der Waals surface area contributed by atoms with Crippen LogP contribution in [0.5, 0.6) is 0 Å². The zero-order valence-electron chi connectivity index (χ0n) is 22.3. The van der Waals surface area contributed by atoms with Gasteiger partial charge in [0.25, 0.3) is 5.91 Å². The van der Waals surface area contributed by atoms with Crippen molar-refractivity contribution in [3.05, 3.63) is 94.5 Å². The molecule has 1 heterocycles. The largest absolute Gasteiger partial charge is 0.490 e. The van der Waals surface area contributed by atoms with Crippen molar-refractivity contribution in [1.82, 2.24) is 0 Å². The van der Waals surface area contributed by atoms with E-state index in [0.717, 1.165) is 4.90 Å². The summed E-state index contributed by atoms with van der Waals surface area (Å²) in [5.41, 5.74) is 3.68. The van der Waals surface area contributed by atoms with Crippen LogP contribution in [0.25, 0.3) is 11.3 Å². The molecule has 1 aliphatic rings. The molecule has 0 saturated carbocycles. The molecule has 0 saturated heterocycles. The number of hydrogen-bond donors (Lipinski definition) is 3. The van der Waals surface area contributed by atoms with Gasteiger partial charge < -0.3 is 20.3 Å². The van der Waals surface area contributed by atoms with E-state index in [1.54, 1.807) is 25.1 Å². The van der Waals surface area contributed by atoms with Gasteiger partial charge in [0.15, 0.2) is 0 Å². The second kappa shape index (κ2) is 12.4. The van der Waals surface area contributed by atoms with Gasteiger partial charge in [-0.2, -0.15) is 13.2 Å². The summed E-state index contributed by atoms with van der Waals surface area (Å²) in [7, 11) is 1.27. The van der Waals surface area contributed by atoms with Gasteiger partial charge in [0.2, 0.25) is 5.91 Å². The highest BCUT2D eigenvalue weighted by molar-refractivity contribution is 6.44. The molecule has 2 amide bonds. The smallest absolute Gasteiger partial charge is 0.478 e. The number of imide groups is 1. The molecule has 42 heavy (non-hydrogen) atoms. The lowest BCUT2D eigenvalue weighted by atomic mass is 9.96. The highest BCUT2D eigenvalue weighted by atomic mass is 19.4. The summed E-state index contributed by atoms with van der Waals surface area (Å²) in [6.07, 6.45) is -5.08. The lowest BCUT2D eigenvalue weighted by Gasteiger charge is -2.16. The number of anilines is 2. The third-order valence-corrected chi connectivity index (χ3v) is 5.95. The van der Waals surface area contributed by atoms with Gasteiger partial charge in [0.05, 0.1) is 35.2 Å². The molecule has 4 rings (SSSR count). The van der Waals surface area contributed by atoms with Crippen LogP contribution in [0.15, 0.2) is 66.7 Å². The maximum absolute atomic E-state index is 13.6. The van der Waals surface area contributed by atoms with Gasteiger partial charge in [-0.25, -0.2) is 19.3 Å². The van der Waals surface area contributed by atoms with Crippen molar-refractivity contribution in [2.75, 3.05) is 17.3 Å². The number of carboxylic acids is 2. The fourth-order valence-corrected chi connectivity index (χ4v) is 4.03. The first kappa shape index (κ1) is 31.1. The average molecular weight is 585 g/mol. The number of aliphatic carboxylic acids is 1. The maximum Gasteiger partial charge on any atom is 0.490 e. The Balaban J connectivity index is 0.000000616. The predicted molar refractivity (Wildman–Crippen MR) is 145 cm³/mol. The van der Waals surface area contributed by atoms with Crippen LogP contribution in [0.3, 0.4) is 0 Å². The summed E-state index contributed by atoms with van der Waals surface area (Å²) < 4.78 is 36.6. The number of carbonyl (C=O) groups is 5. The quantitative estimate of drug-likeness (QED) is 0.278. The number of nitrogens with one attached hydrogen (secondary N) is 1. The number of aromatic carboxylic acids is 1. The minimum absolute atomic E-state index is 0.125. The van der Waals surface area contributed by atoms with E-state index in [4.69, 9.17) is 14.6 Å². The molecule has 218 valence electrons. The van der Waals surface area contributed by atoms with E-state index in [2.05, 4.69) is 5.32 Å². The maximum atomic E-state index is 13.6. The Morgan fingerprint density at radius 1 is 0.905 bits per heavy atom. The Hall–Kier alpha value is -5.46. The summed E-state index contributed by atoms with van der Waals surface area (Å²) in [5.74, 6) is -5.41. The van der Waals surface area contributed by atoms with E-state index < -0.39 is 35.9 Å². The second-order valence-electron chi connectivity index (χ2n) is 8.76. The monoisotopic (exact) mass is 584 g/mol. The van der Waals surface area contributed by atoms with Gasteiger partial charge in [-0.3, -0.25) is 9.59 Å². The molecule has 0 atom stereocenters. The summed E-state index contributed by atoms with van der Waals surface area (Å²) >= 11 is 0. The standard InChI is InChI=1S/C27H22N2O6.C2HF3O2/c1-15-13-21-22(14-20(15)27(34)35-3)29(16(2)30)25(31)23(21)24(17-7-5-4-6-8-17)28-19-11-9-18(10-12-19)26(32)33;3-2(4,5)1(6)7/h4-14,28H,1-3H3,(H,32,33);(H,6,7)/b24-23-;. The summed E-state index contributed by atoms with van der Waals surface area (Å²) in [6.45, 7) is 3.01. The van der Waals surface area contributed by atoms with Crippen LogP contribution in [0.4, 0.5) is 24.5 Å². The topological polar surface area (TPSA) is 150 Å². The third kappa shape index (κ3) is 6.63.